The summed E-state index contributed by atoms with van der Waals surface area (Å²) in [7, 11) is 0. The van der Waals surface area contributed by atoms with Crippen LogP contribution in [0.2, 0.25) is 0 Å². The Bertz CT molecular complexity index is 686. The second kappa shape index (κ2) is 8.84. The monoisotopic (exact) mass is 342 g/mol. The third kappa shape index (κ3) is 4.94. The molecule has 2 aromatic rings. The van der Waals surface area contributed by atoms with Crippen molar-refractivity contribution < 1.29 is 9.53 Å². The summed E-state index contributed by atoms with van der Waals surface area (Å²) in [4.78, 5) is 12.6. The van der Waals surface area contributed by atoms with E-state index in [2.05, 4.69) is 25.9 Å². The van der Waals surface area contributed by atoms with Crippen molar-refractivity contribution in [2.45, 2.75) is 66.2 Å². The molecule has 1 atom stereocenters. The van der Waals surface area contributed by atoms with Gasteiger partial charge >= 0.3 is 5.97 Å². The lowest BCUT2D eigenvalue weighted by molar-refractivity contribution is -0.139. The maximum Gasteiger partial charge on any atom is 0.315 e. The van der Waals surface area contributed by atoms with Crippen molar-refractivity contribution in [1.82, 2.24) is 9.78 Å². The van der Waals surface area contributed by atoms with E-state index in [1.165, 1.54) is 5.56 Å². The summed E-state index contributed by atoms with van der Waals surface area (Å²) >= 11 is 0. The molecule has 0 fully saturated rings. The molecule has 0 amide bonds. The number of esters is 1. The Morgan fingerprint density at radius 1 is 1.20 bits per heavy atom. The van der Waals surface area contributed by atoms with Gasteiger partial charge in [0.25, 0.3) is 0 Å². The Hall–Kier alpha value is -2.10. The fourth-order valence-electron chi connectivity index (χ4n) is 2.73. The summed E-state index contributed by atoms with van der Waals surface area (Å²) in [6.45, 7) is 10.4. The van der Waals surface area contributed by atoms with Crippen molar-refractivity contribution in [2.24, 2.45) is 5.92 Å². The van der Waals surface area contributed by atoms with Gasteiger partial charge < -0.3 is 4.74 Å². The van der Waals surface area contributed by atoms with Crippen molar-refractivity contribution in [3.05, 3.63) is 41.6 Å². The normalized spacial score (nSPS) is 12.4. The Kier molecular flexibility index (Phi) is 6.80. The van der Waals surface area contributed by atoms with E-state index >= 15 is 0 Å². The van der Waals surface area contributed by atoms with Gasteiger partial charge in [0.2, 0.25) is 5.88 Å². The number of carbonyl (C=O) groups excluding carboxylic acids is 1. The average molecular weight is 342 g/mol. The predicted molar refractivity (Wildman–Crippen MR) is 101 cm³/mol. The smallest absolute Gasteiger partial charge is 0.315 e. The predicted octanol–water partition coefficient (Wildman–Crippen LogP) is 5.43. The van der Waals surface area contributed by atoms with Gasteiger partial charge in [-0.2, -0.15) is 5.10 Å². The molecule has 1 aromatic carbocycles. The highest BCUT2D eigenvalue weighted by Gasteiger charge is 2.22. The fourth-order valence-corrected chi connectivity index (χ4v) is 2.73. The lowest BCUT2D eigenvalue weighted by atomic mass is 10.00. The molecule has 0 saturated heterocycles. The molecule has 1 aromatic heterocycles. The van der Waals surface area contributed by atoms with Crippen molar-refractivity contribution >= 4 is 5.97 Å². The van der Waals surface area contributed by atoms with Gasteiger partial charge in [0.05, 0.1) is 17.3 Å². The minimum absolute atomic E-state index is 0.0520. The zero-order valence-electron chi connectivity index (χ0n) is 16.1. The number of carbonyl (C=O) groups is 1. The maximum absolute atomic E-state index is 12.6. The molecule has 0 bridgehead atoms. The van der Waals surface area contributed by atoms with E-state index in [-0.39, 0.29) is 17.8 Å². The second-order valence-electron chi connectivity index (χ2n) is 6.98. The molecule has 1 heterocycles. The molecular formula is C21H30N2O2. The van der Waals surface area contributed by atoms with Crippen LogP contribution in [0, 0.1) is 12.8 Å². The summed E-state index contributed by atoms with van der Waals surface area (Å²) < 4.78 is 7.51. The molecule has 0 aliphatic carbocycles. The van der Waals surface area contributed by atoms with E-state index in [1.807, 2.05) is 44.2 Å². The van der Waals surface area contributed by atoms with Crippen LogP contribution in [0.5, 0.6) is 5.88 Å². The standard InChI is InChI=1S/C21H30N2O2/c1-6-8-9-17(7-2)21(24)25-20-14-19(15(3)4)22-23(20)18-12-10-16(5)11-13-18/h10-15,17H,6-9H2,1-5H3. The zero-order chi connectivity index (χ0) is 18.4. The number of rotatable bonds is 8. The van der Waals surface area contributed by atoms with Gasteiger partial charge in [0.1, 0.15) is 0 Å². The van der Waals surface area contributed by atoms with Crippen molar-refractivity contribution in [1.29, 1.82) is 0 Å². The quantitative estimate of drug-likeness (QED) is 0.601. The van der Waals surface area contributed by atoms with Crippen LogP contribution in [0.3, 0.4) is 0 Å². The van der Waals surface area contributed by atoms with E-state index in [0.717, 1.165) is 37.1 Å². The topological polar surface area (TPSA) is 44.1 Å². The number of aryl methyl sites for hydroxylation is 1. The van der Waals surface area contributed by atoms with Crippen LogP contribution in [-0.4, -0.2) is 15.7 Å². The molecular weight excluding hydrogens is 312 g/mol. The number of aromatic nitrogens is 2. The molecule has 4 nitrogen and oxygen atoms in total. The van der Waals surface area contributed by atoms with Crippen LogP contribution >= 0.6 is 0 Å². The molecule has 0 N–H and O–H groups in total. The lowest BCUT2D eigenvalue weighted by Crippen LogP contribution is -2.21. The number of hydrogen-bond donors (Lipinski definition) is 0. The van der Waals surface area contributed by atoms with Gasteiger partial charge in [-0.3, -0.25) is 4.79 Å². The van der Waals surface area contributed by atoms with Crippen molar-refractivity contribution in [3.63, 3.8) is 0 Å². The van der Waals surface area contributed by atoms with Crippen LogP contribution in [0.25, 0.3) is 5.69 Å². The summed E-state index contributed by atoms with van der Waals surface area (Å²) in [6, 6.07) is 9.95. The number of hydrogen-bond acceptors (Lipinski definition) is 3. The van der Waals surface area contributed by atoms with Gasteiger partial charge in [-0.15, -0.1) is 0 Å². The van der Waals surface area contributed by atoms with Crippen molar-refractivity contribution in [3.8, 4) is 11.6 Å². The van der Waals surface area contributed by atoms with Crippen LogP contribution in [-0.2, 0) is 4.79 Å². The first-order valence-corrected chi connectivity index (χ1v) is 9.34. The summed E-state index contributed by atoms with van der Waals surface area (Å²) in [5.74, 6) is 0.571. The van der Waals surface area contributed by atoms with E-state index in [0.29, 0.717) is 5.88 Å². The van der Waals surface area contributed by atoms with Crippen LogP contribution in [0.15, 0.2) is 30.3 Å². The molecule has 0 spiro atoms. The summed E-state index contributed by atoms with van der Waals surface area (Å²) in [5.41, 5.74) is 3.01. The average Bonchev–Trinajstić information content (AvgIpc) is 3.00. The Balaban J connectivity index is 2.29. The first kappa shape index (κ1) is 19.2. The molecule has 4 heteroatoms. The second-order valence-corrected chi connectivity index (χ2v) is 6.98. The molecule has 25 heavy (non-hydrogen) atoms. The van der Waals surface area contributed by atoms with E-state index in [4.69, 9.17) is 4.74 Å². The van der Waals surface area contributed by atoms with E-state index in [1.54, 1.807) is 4.68 Å². The number of ether oxygens (including phenoxy) is 1. The largest absolute Gasteiger partial charge is 0.407 e. The molecule has 0 radical (unpaired) electrons. The number of benzene rings is 1. The number of nitrogens with zero attached hydrogens (tertiary/aromatic N) is 2. The maximum atomic E-state index is 12.6. The molecule has 0 aliphatic rings. The van der Waals surface area contributed by atoms with Gasteiger partial charge in [0.15, 0.2) is 0 Å². The lowest BCUT2D eigenvalue weighted by Gasteiger charge is -2.14. The molecule has 136 valence electrons. The fraction of sp³-hybridized carbons (Fsp3) is 0.524. The van der Waals surface area contributed by atoms with Crippen molar-refractivity contribution in [2.75, 3.05) is 0 Å². The zero-order valence-corrected chi connectivity index (χ0v) is 16.1. The Morgan fingerprint density at radius 2 is 1.88 bits per heavy atom. The van der Waals surface area contributed by atoms with Gasteiger partial charge in [0, 0.05) is 6.07 Å². The highest BCUT2D eigenvalue weighted by Crippen LogP contribution is 2.26. The van der Waals surface area contributed by atoms with E-state index in [9.17, 15) is 4.79 Å². The SMILES string of the molecule is CCCCC(CC)C(=O)Oc1cc(C(C)C)nn1-c1ccc(C)cc1. The highest BCUT2D eigenvalue weighted by molar-refractivity contribution is 5.74. The van der Waals surface area contributed by atoms with Gasteiger partial charge in [-0.25, -0.2) is 4.68 Å². The van der Waals surface area contributed by atoms with E-state index < -0.39 is 0 Å². The first-order chi connectivity index (χ1) is 12.0. The third-order valence-electron chi connectivity index (χ3n) is 4.50. The molecule has 2 rings (SSSR count). The highest BCUT2D eigenvalue weighted by atomic mass is 16.5. The van der Waals surface area contributed by atoms with Crippen LogP contribution < -0.4 is 4.74 Å². The molecule has 0 aliphatic heterocycles. The first-order valence-electron chi connectivity index (χ1n) is 9.34. The number of unbranched alkanes of at least 4 members (excludes halogenated alkanes) is 1. The summed E-state index contributed by atoms with van der Waals surface area (Å²) in [6.07, 6.45) is 3.81. The Labute approximate surface area is 151 Å². The van der Waals surface area contributed by atoms with Gasteiger partial charge in [-0.05, 0) is 37.8 Å². The van der Waals surface area contributed by atoms with Gasteiger partial charge in [-0.1, -0.05) is 58.2 Å². The third-order valence-corrected chi connectivity index (χ3v) is 4.50. The Morgan fingerprint density at radius 3 is 2.44 bits per heavy atom. The summed E-state index contributed by atoms with van der Waals surface area (Å²) in [5, 5.41) is 4.65. The minimum Gasteiger partial charge on any atom is -0.407 e. The van der Waals surface area contributed by atoms with Crippen LogP contribution in [0.4, 0.5) is 0 Å². The minimum atomic E-state index is -0.153. The molecule has 0 saturated carbocycles. The molecule has 1 unspecified atom stereocenters. The van der Waals surface area contributed by atoms with Crippen LogP contribution in [0.1, 0.15) is 70.6 Å².